The first-order valence-electron chi connectivity index (χ1n) is 7.32. The molecule has 0 amide bonds. The van der Waals surface area contributed by atoms with E-state index in [1.54, 1.807) is 7.11 Å². The third-order valence-corrected chi connectivity index (χ3v) is 4.41. The van der Waals surface area contributed by atoms with E-state index < -0.39 is 5.60 Å². The van der Waals surface area contributed by atoms with E-state index in [1.807, 2.05) is 66.7 Å². The van der Waals surface area contributed by atoms with Crippen LogP contribution >= 0.6 is 0 Å². The lowest BCUT2D eigenvalue weighted by atomic mass is 9.84. The topological polar surface area (TPSA) is 29.5 Å². The zero-order valence-corrected chi connectivity index (χ0v) is 12.3. The van der Waals surface area contributed by atoms with Gasteiger partial charge in [0.1, 0.15) is 11.4 Å². The Bertz CT molecular complexity index is 839. The van der Waals surface area contributed by atoms with E-state index in [4.69, 9.17) is 4.74 Å². The standard InChI is InChI=1S/C20H16O2/c1-22-18-13-7-11-16-15-10-5-6-12-17(15)20(21,19(16)18)14-8-3-2-4-9-14/h2-13,21H,1H3/t20-/m1/s1. The first-order chi connectivity index (χ1) is 10.8. The molecule has 1 aliphatic rings. The Morgan fingerprint density at radius 3 is 2.23 bits per heavy atom. The van der Waals surface area contributed by atoms with Crippen molar-refractivity contribution in [3.05, 3.63) is 89.5 Å². The minimum atomic E-state index is -1.18. The fourth-order valence-electron chi connectivity index (χ4n) is 3.45. The molecule has 0 unspecified atom stereocenters. The Hall–Kier alpha value is -2.58. The van der Waals surface area contributed by atoms with Crippen molar-refractivity contribution in [1.29, 1.82) is 0 Å². The summed E-state index contributed by atoms with van der Waals surface area (Å²) >= 11 is 0. The van der Waals surface area contributed by atoms with Crippen LogP contribution in [0.2, 0.25) is 0 Å². The number of hydrogen-bond donors (Lipinski definition) is 1. The fraction of sp³-hybridized carbons (Fsp3) is 0.100. The van der Waals surface area contributed by atoms with Crippen LogP contribution in [0.3, 0.4) is 0 Å². The maximum absolute atomic E-state index is 11.7. The third kappa shape index (κ3) is 1.59. The van der Waals surface area contributed by atoms with Gasteiger partial charge >= 0.3 is 0 Å². The quantitative estimate of drug-likeness (QED) is 0.773. The van der Waals surface area contributed by atoms with E-state index in [-0.39, 0.29) is 0 Å². The Kier molecular flexibility index (Phi) is 2.81. The second kappa shape index (κ2) is 4.72. The number of rotatable bonds is 2. The highest BCUT2D eigenvalue weighted by molar-refractivity contribution is 5.84. The number of methoxy groups -OCH3 is 1. The molecule has 0 fully saturated rings. The largest absolute Gasteiger partial charge is 0.496 e. The lowest BCUT2D eigenvalue weighted by Gasteiger charge is -2.27. The zero-order chi connectivity index (χ0) is 15.2. The summed E-state index contributed by atoms with van der Waals surface area (Å²) in [6, 6.07) is 23.7. The van der Waals surface area contributed by atoms with Crippen molar-refractivity contribution >= 4 is 0 Å². The Morgan fingerprint density at radius 2 is 1.45 bits per heavy atom. The molecule has 0 aliphatic heterocycles. The number of ether oxygens (including phenoxy) is 1. The van der Waals surface area contributed by atoms with Gasteiger partial charge in [-0.15, -0.1) is 0 Å². The van der Waals surface area contributed by atoms with Crippen LogP contribution in [-0.2, 0) is 5.60 Å². The third-order valence-electron chi connectivity index (χ3n) is 4.41. The van der Waals surface area contributed by atoms with E-state index in [0.29, 0.717) is 5.75 Å². The average molecular weight is 288 g/mol. The predicted octanol–water partition coefficient (Wildman–Crippen LogP) is 3.96. The molecule has 0 aromatic heterocycles. The van der Waals surface area contributed by atoms with Crippen molar-refractivity contribution in [3.8, 4) is 16.9 Å². The van der Waals surface area contributed by atoms with Gasteiger partial charge in [0, 0.05) is 11.1 Å². The van der Waals surface area contributed by atoms with Gasteiger partial charge in [-0.2, -0.15) is 0 Å². The smallest absolute Gasteiger partial charge is 0.145 e. The van der Waals surface area contributed by atoms with Gasteiger partial charge in [-0.05, 0) is 22.8 Å². The SMILES string of the molecule is COc1cccc2c1[C@@](O)(c1ccccc1)c1ccccc1-2. The van der Waals surface area contributed by atoms with E-state index in [1.165, 1.54) is 0 Å². The Labute approximate surface area is 129 Å². The number of aliphatic hydroxyl groups is 1. The molecule has 0 spiro atoms. The molecule has 1 N–H and O–H groups in total. The summed E-state index contributed by atoms with van der Waals surface area (Å²) in [5.74, 6) is 0.708. The highest BCUT2D eigenvalue weighted by atomic mass is 16.5. The molecule has 2 heteroatoms. The summed E-state index contributed by atoms with van der Waals surface area (Å²) in [7, 11) is 1.64. The van der Waals surface area contributed by atoms with Crippen molar-refractivity contribution in [2.75, 3.05) is 7.11 Å². The van der Waals surface area contributed by atoms with E-state index in [2.05, 4.69) is 6.07 Å². The van der Waals surface area contributed by atoms with Gasteiger partial charge in [-0.3, -0.25) is 0 Å². The number of benzene rings is 3. The van der Waals surface area contributed by atoms with Crippen molar-refractivity contribution in [2.45, 2.75) is 5.60 Å². The molecule has 22 heavy (non-hydrogen) atoms. The Balaban J connectivity index is 2.12. The van der Waals surface area contributed by atoms with Crippen LogP contribution in [-0.4, -0.2) is 12.2 Å². The van der Waals surface area contributed by atoms with Gasteiger partial charge < -0.3 is 9.84 Å². The van der Waals surface area contributed by atoms with Gasteiger partial charge in [0.2, 0.25) is 0 Å². The van der Waals surface area contributed by atoms with Gasteiger partial charge in [-0.1, -0.05) is 66.7 Å². The van der Waals surface area contributed by atoms with Crippen LogP contribution in [0.25, 0.3) is 11.1 Å². The highest BCUT2D eigenvalue weighted by Crippen LogP contribution is 2.53. The summed E-state index contributed by atoms with van der Waals surface area (Å²) in [6.45, 7) is 0. The minimum Gasteiger partial charge on any atom is -0.496 e. The molecule has 0 radical (unpaired) electrons. The first kappa shape index (κ1) is 13.1. The Morgan fingerprint density at radius 1 is 0.773 bits per heavy atom. The van der Waals surface area contributed by atoms with E-state index >= 15 is 0 Å². The van der Waals surface area contributed by atoms with E-state index in [0.717, 1.165) is 27.8 Å². The zero-order valence-electron chi connectivity index (χ0n) is 12.3. The number of fused-ring (bicyclic) bond motifs is 3. The molecule has 1 aliphatic carbocycles. The maximum Gasteiger partial charge on any atom is 0.145 e. The van der Waals surface area contributed by atoms with Crippen LogP contribution < -0.4 is 4.74 Å². The second-order valence-corrected chi connectivity index (χ2v) is 5.50. The van der Waals surface area contributed by atoms with Crippen LogP contribution in [0.5, 0.6) is 5.75 Å². The fourth-order valence-corrected chi connectivity index (χ4v) is 3.45. The van der Waals surface area contributed by atoms with Crippen LogP contribution in [0.1, 0.15) is 16.7 Å². The second-order valence-electron chi connectivity index (χ2n) is 5.50. The highest BCUT2D eigenvalue weighted by Gasteiger charge is 2.45. The van der Waals surface area contributed by atoms with Crippen LogP contribution in [0.4, 0.5) is 0 Å². The van der Waals surface area contributed by atoms with Crippen LogP contribution in [0.15, 0.2) is 72.8 Å². The van der Waals surface area contributed by atoms with Gasteiger partial charge in [0.25, 0.3) is 0 Å². The summed E-state index contributed by atoms with van der Waals surface area (Å²) < 4.78 is 5.55. The molecular formula is C20H16O2. The summed E-state index contributed by atoms with van der Waals surface area (Å²) in [4.78, 5) is 0. The molecule has 3 aromatic rings. The van der Waals surface area contributed by atoms with Crippen LogP contribution in [0, 0.1) is 0 Å². The molecule has 0 heterocycles. The molecule has 2 nitrogen and oxygen atoms in total. The van der Waals surface area contributed by atoms with Gasteiger partial charge in [0.05, 0.1) is 7.11 Å². The maximum atomic E-state index is 11.7. The van der Waals surface area contributed by atoms with Gasteiger partial charge in [0.15, 0.2) is 0 Å². The predicted molar refractivity (Wildman–Crippen MR) is 87.0 cm³/mol. The lowest BCUT2D eigenvalue weighted by Crippen LogP contribution is -2.26. The van der Waals surface area contributed by atoms with E-state index in [9.17, 15) is 5.11 Å². The molecule has 0 saturated heterocycles. The van der Waals surface area contributed by atoms with Crippen molar-refractivity contribution in [2.24, 2.45) is 0 Å². The normalized spacial score (nSPS) is 18.6. The summed E-state index contributed by atoms with van der Waals surface area (Å²) in [6.07, 6.45) is 0. The average Bonchev–Trinajstić information content (AvgIpc) is 2.87. The molecule has 3 aromatic carbocycles. The monoisotopic (exact) mass is 288 g/mol. The minimum absolute atomic E-state index is 0.708. The number of hydrogen-bond acceptors (Lipinski definition) is 2. The summed E-state index contributed by atoms with van der Waals surface area (Å²) in [5.41, 5.74) is 3.49. The molecule has 0 bridgehead atoms. The molecule has 4 rings (SSSR count). The molecule has 1 atom stereocenters. The van der Waals surface area contributed by atoms with Crippen molar-refractivity contribution < 1.29 is 9.84 Å². The molecular weight excluding hydrogens is 272 g/mol. The summed E-state index contributed by atoms with van der Waals surface area (Å²) in [5, 5.41) is 11.7. The van der Waals surface area contributed by atoms with Gasteiger partial charge in [-0.25, -0.2) is 0 Å². The molecule has 0 saturated carbocycles. The molecule has 108 valence electrons. The van der Waals surface area contributed by atoms with Crippen molar-refractivity contribution in [3.63, 3.8) is 0 Å². The van der Waals surface area contributed by atoms with Crippen molar-refractivity contribution in [1.82, 2.24) is 0 Å². The lowest BCUT2D eigenvalue weighted by molar-refractivity contribution is 0.127. The first-order valence-corrected chi connectivity index (χ1v) is 7.32.